The summed E-state index contributed by atoms with van der Waals surface area (Å²) >= 11 is 0. The van der Waals surface area contributed by atoms with Gasteiger partial charge in [0.15, 0.2) is 0 Å². The van der Waals surface area contributed by atoms with E-state index in [9.17, 15) is 0 Å². The highest BCUT2D eigenvalue weighted by atomic mass is 16.5. The van der Waals surface area contributed by atoms with Crippen molar-refractivity contribution >= 4 is 0 Å². The van der Waals surface area contributed by atoms with Gasteiger partial charge in [0, 0.05) is 56.3 Å². The van der Waals surface area contributed by atoms with E-state index in [4.69, 9.17) is 18.9 Å². The number of hydrogen-bond acceptors (Lipinski definition) is 6. The average Bonchev–Trinajstić information content (AvgIpc) is 0.775. The first-order chi connectivity index (χ1) is 39.2. The highest BCUT2D eigenvalue weighted by Gasteiger charge is 2.48. The Morgan fingerprint density at radius 1 is 0.321 bits per heavy atom. The third kappa shape index (κ3) is 10.5. The molecule has 8 aromatic rings. The second-order valence-electron chi connectivity index (χ2n) is 28.2. The third-order valence-electron chi connectivity index (χ3n) is 18.0. The van der Waals surface area contributed by atoms with Crippen LogP contribution in [0.4, 0.5) is 0 Å². The van der Waals surface area contributed by atoms with Gasteiger partial charge in [0.25, 0.3) is 0 Å². The Balaban J connectivity index is 1.73. The highest BCUT2D eigenvalue weighted by Crippen LogP contribution is 2.59. The molecule has 84 heavy (non-hydrogen) atoms. The Morgan fingerprint density at radius 2 is 0.536 bits per heavy atom. The lowest BCUT2D eigenvalue weighted by Crippen LogP contribution is -2.34. The summed E-state index contributed by atoms with van der Waals surface area (Å²) in [5, 5.41) is 30.6. The smallest absolute Gasteiger partial charge is 0.147 e. The van der Waals surface area contributed by atoms with Crippen LogP contribution >= 0.6 is 0 Å². The molecule has 0 heterocycles. The van der Waals surface area contributed by atoms with E-state index >= 15 is 10.2 Å². The zero-order valence-corrected chi connectivity index (χ0v) is 54.4. The number of methoxy groups -OCH3 is 4. The Hall–Kier alpha value is -7.12. The van der Waals surface area contributed by atoms with E-state index in [1.165, 1.54) is 0 Å². The monoisotopic (exact) mass is 1120 g/mol. The van der Waals surface area contributed by atoms with Crippen LogP contribution in [-0.2, 0) is 32.9 Å². The summed E-state index contributed by atoms with van der Waals surface area (Å²) in [5.74, 6) is 0.840. The molecular formula is C78H92O6. The van der Waals surface area contributed by atoms with E-state index in [0.717, 1.165) is 89.0 Å². The molecule has 0 spiro atoms. The molecule has 2 N–H and O–H groups in total. The Labute approximate surface area is 503 Å². The second-order valence-corrected chi connectivity index (χ2v) is 28.2. The number of ether oxygens (including phenoxy) is 4. The van der Waals surface area contributed by atoms with Crippen LogP contribution in [0.25, 0.3) is 0 Å². The zero-order chi connectivity index (χ0) is 61.6. The van der Waals surface area contributed by atoms with E-state index in [1.807, 2.05) is 60.7 Å². The molecule has 6 nitrogen and oxygen atoms in total. The second kappa shape index (κ2) is 22.1. The number of hydrogen-bond donors (Lipinski definition) is 2. The van der Waals surface area contributed by atoms with Crippen LogP contribution in [0.2, 0.25) is 0 Å². The van der Waals surface area contributed by atoms with Crippen molar-refractivity contribution < 1.29 is 29.2 Å². The van der Waals surface area contributed by atoms with Gasteiger partial charge >= 0.3 is 0 Å². The van der Waals surface area contributed by atoms with Gasteiger partial charge in [0.2, 0.25) is 0 Å². The predicted octanol–water partition coefficient (Wildman–Crippen LogP) is 18.0. The molecule has 0 saturated heterocycles. The number of rotatable bonds is 8. The maximum atomic E-state index is 15.3. The van der Waals surface area contributed by atoms with Crippen LogP contribution in [-0.4, -0.2) is 38.7 Å². The quantitative estimate of drug-likeness (QED) is 0.158. The normalized spacial score (nSPS) is 18.3. The fourth-order valence-corrected chi connectivity index (χ4v) is 13.7. The van der Waals surface area contributed by atoms with E-state index in [2.05, 4.69) is 197 Å². The van der Waals surface area contributed by atoms with Crippen molar-refractivity contribution in [3.63, 3.8) is 0 Å². The molecular weight excluding hydrogens is 1030 g/mol. The van der Waals surface area contributed by atoms with Crippen molar-refractivity contribution in [2.24, 2.45) is 0 Å². The van der Waals surface area contributed by atoms with E-state index in [-0.39, 0.29) is 0 Å². The minimum absolute atomic E-state index is 0.454. The maximum absolute atomic E-state index is 15.3. The molecule has 0 atom stereocenters. The largest absolute Gasteiger partial charge is 0.496 e. The van der Waals surface area contributed by atoms with Crippen molar-refractivity contribution in [1.29, 1.82) is 0 Å². The molecule has 0 aliphatic heterocycles. The topological polar surface area (TPSA) is 77.4 Å². The van der Waals surface area contributed by atoms with E-state index in [0.29, 0.717) is 56.4 Å². The van der Waals surface area contributed by atoms with Crippen LogP contribution in [0.1, 0.15) is 217 Å². The molecule has 0 saturated carbocycles. The molecule has 9 rings (SSSR count). The lowest BCUT2D eigenvalue weighted by atomic mass is 9.67. The molecule has 8 bridgehead atoms. The Bertz CT molecular complexity index is 3350. The van der Waals surface area contributed by atoms with Gasteiger partial charge in [-0.25, -0.2) is 0 Å². The molecule has 0 radical (unpaired) electrons. The van der Waals surface area contributed by atoms with Gasteiger partial charge in [-0.3, -0.25) is 0 Å². The summed E-state index contributed by atoms with van der Waals surface area (Å²) in [4.78, 5) is 0. The van der Waals surface area contributed by atoms with Crippen LogP contribution < -0.4 is 18.9 Å². The van der Waals surface area contributed by atoms with Crippen LogP contribution in [0.5, 0.6) is 23.0 Å². The Morgan fingerprint density at radius 3 is 0.726 bits per heavy atom. The summed E-state index contributed by atoms with van der Waals surface area (Å²) < 4.78 is 28.4. The summed E-state index contributed by atoms with van der Waals surface area (Å²) in [6, 6.07) is 47.0. The van der Waals surface area contributed by atoms with Gasteiger partial charge in [-0.05, 0) is 154 Å². The van der Waals surface area contributed by atoms with Crippen molar-refractivity contribution in [2.75, 3.05) is 28.4 Å². The molecule has 0 amide bonds. The summed E-state index contributed by atoms with van der Waals surface area (Å²) in [5.41, 5.74) is 13.9. The van der Waals surface area contributed by atoms with Crippen molar-refractivity contribution in [3.8, 4) is 23.0 Å². The third-order valence-corrected chi connectivity index (χ3v) is 18.0. The maximum Gasteiger partial charge on any atom is 0.147 e. The molecule has 0 unspecified atom stereocenters. The van der Waals surface area contributed by atoms with Gasteiger partial charge in [0.05, 0.1) is 28.4 Å². The molecule has 0 aromatic heterocycles. The molecule has 0 fully saturated rings. The zero-order valence-electron chi connectivity index (χ0n) is 54.4. The predicted molar refractivity (Wildman–Crippen MR) is 347 cm³/mol. The lowest BCUT2D eigenvalue weighted by Gasteiger charge is -2.40. The number of fused-ring (bicyclic) bond motifs is 8. The minimum Gasteiger partial charge on any atom is -0.496 e. The highest BCUT2D eigenvalue weighted by molar-refractivity contribution is 5.72. The van der Waals surface area contributed by atoms with Gasteiger partial charge < -0.3 is 29.2 Å². The lowest BCUT2D eigenvalue weighted by molar-refractivity contribution is 0.117. The molecule has 8 aromatic carbocycles. The van der Waals surface area contributed by atoms with Crippen LogP contribution in [0.15, 0.2) is 133 Å². The van der Waals surface area contributed by atoms with Gasteiger partial charge in [-0.2, -0.15) is 0 Å². The molecule has 1 aliphatic rings. The first-order valence-corrected chi connectivity index (χ1v) is 29.9. The molecule has 1 aliphatic carbocycles. The van der Waals surface area contributed by atoms with E-state index in [1.54, 1.807) is 28.4 Å². The number of aryl methyl sites for hydroxylation is 6. The Kier molecular flexibility index (Phi) is 16.1. The summed E-state index contributed by atoms with van der Waals surface area (Å²) in [6.07, 6.45) is 0. The SMILES string of the molecule is COc1c2cc(C(C)(C)C)cc1C(O)(c1ccccc1)c1cc(C(C)(C)C)cc(c1OC)C(c1c(C)cc(C)cc1C)c1cc(C(C)(C)C)cc(c1OC)C(O)(c1ccccc1)c1cc(C(C)(C)C)cc(c1OC)C2c1c(C)cc(C)cc1C. The van der Waals surface area contributed by atoms with Crippen LogP contribution in [0, 0.1) is 41.5 Å². The van der Waals surface area contributed by atoms with Gasteiger partial charge in [-0.1, -0.05) is 203 Å². The van der Waals surface area contributed by atoms with Crippen LogP contribution in [0.3, 0.4) is 0 Å². The van der Waals surface area contributed by atoms with Crippen molar-refractivity contribution in [2.45, 2.75) is 169 Å². The van der Waals surface area contributed by atoms with E-state index < -0.39 is 44.7 Å². The fourth-order valence-electron chi connectivity index (χ4n) is 13.7. The first kappa shape index (κ1) is 61.4. The average molecular weight is 1130 g/mol. The van der Waals surface area contributed by atoms with Gasteiger partial charge in [0.1, 0.15) is 34.2 Å². The van der Waals surface area contributed by atoms with Crippen molar-refractivity contribution in [1.82, 2.24) is 0 Å². The first-order valence-electron chi connectivity index (χ1n) is 29.9. The van der Waals surface area contributed by atoms with Gasteiger partial charge in [-0.15, -0.1) is 0 Å². The summed E-state index contributed by atoms with van der Waals surface area (Å²) in [6.45, 7) is 39.8. The molecule has 440 valence electrons. The van der Waals surface area contributed by atoms with Crippen molar-refractivity contribution in [3.05, 3.63) is 256 Å². The fraction of sp³-hybridized carbons (Fsp3) is 0.385. The number of benzene rings is 8. The summed E-state index contributed by atoms with van der Waals surface area (Å²) in [7, 11) is 6.93. The minimum atomic E-state index is -1.94. The number of aliphatic hydroxyl groups is 2. The standard InChI is InChI=1S/C78H92O6/c1-45-33-47(3)65(48(4)34-45)67-57-37-53(73(7,8)9)41-61(69(57)81-19)77(79,51-29-25-23-26-30-51)63-43-55(75(13,14)15)39-59(71(63)83-21)68(66-49(5)35-46(2)36-50(66)6)60-40-56(76(16,17)18)44-64(72(60)84-22)78(80,52-31-27-24-28-32-52)62-42-54(74(10,11)12)38-58(67)70(62)82-20/h23-44,67-68,79-80H,1-22H3. The molecule has 6 heteroatoms.